The Kier molecular flexibility index (Phi) is 3.53. The van der Waals surface area contributed by atoms with Gasteiger partial charge in [-0.05, 0) is 36.4 Å². The molecule has 4 rings (SSSR count). The van der Waals surface area contributed by atoms with Crippen molar-refractivity contribution in [3.8, 4) is 0 Å². The van der Waals surface area contributed by atoms with Gasteiger partial charge in [0.1, 0.15) is 23.5 Å². The predicted octanol–water partition coefficient (Wildman–Crippen LogP) is 2.92. The second-order valence-corrected chi connectivity index (χ2v) is 5.51. The number of hydrogen-bond acceptors (Lipinski definition) is 4. The summed E-state index contributed by atoms with van der Waals surface area (Å²) in [7, 11) is 0. The van der Waals surface area contributed by atoms with Crippen LogP contribution in [0.25, 0.3) is 22.1 Å². The van der Waals surface area contributed by atoms with Crippen LogP contribution in [0.5, 0.6) is 0 Å². The van der Waals surface area contributed by atoms with E-state index in [-0.39, 0.29) is 12.1 Å². The van der Waals surface area contributed by atoms with Crippen molar-refractivity contribution in [3.63, 3.8) is 0 Å². The number of para-hydroxylation sites is 1. The Morgan fingerprint density at radius 3 is 2.72 bits per heavy atom. The highest BCUT2D eigenvalue weighted by Crippen LogP contribution is 2.24. The summed E-state index contributed by atoms with van der Waals surface area (Å²) in [6.45, 7) is -0.226. The molecule has 0 saturated carbocycles. The van der Waals surface area contributed by atoms with E-state index < -0.39 is 17.3 Å². The maximum absolute atomic E-state index is 12.9. The van der Waals surface area contributed by atoms with Crippen molar-refractivity contribution < 1.29 is 13.6 Å². The third-order valence-electron chi connectivity index (χ3n) is 3.79. The summed E-state index contributed by atoms with van der Waals surface area (Å²) in [5, 5.41) is 3.34. The van der Waals surface area contributed by atoms with Crippen molar-refractivity contribution in [2.24, 2.45) is 0 Å². The lowest BCUT2D eigenvalue weighted by atomic mass is 10.2. The zero-order chi connectivity index (χ0) is 17.4. The number of furan rings is 1. The number of carbonyl (C=O) groups is 1. The third kappa shape index (κ3) is 2.76. The number of nitrogens with zero attached hydrogens (tertiary/aromatic N) is 2. The molecule has 0 unspecified atom stereocenters. The van der Waals surface area contributed by atoms with Crippen molar-refractivity contribution >= 4 is 33.7 Å². The van der Waals surface area contributed by atoms with Crippen LogP contribution in [0.1, 0.15) is 0 Å². The van der Waals surface area contributed by atoms with Crippen LogP contribution in [0, 0.1) is 5.82 Å². The number of fused-ring (bicyclic) bond motifs is 3. The molecule has 1 amide bonds. The van der Waals surface area contributed by atoms with Crippen LogP contribution in [0.3, 0.4) is 0 Å². The van der Waals surface area contributed by atoms with Gasteiger partial charge >= 0.3 is 0 Å². The SMILES string of the molecule is O=C(Cn1cnc2c(oc3ccccc32)c1=O)Nc1ccc(F)cc1. The molecule has 0 aliphatic carbocycles. The Morgan fingerprint density at radius 1 is 1.16 bits per heavy atom. The van der Waals surface area contributed by atoms with Crippen molar-refractivity contribution in [2.45, 2.75) is 6.54 Å². The predicted molar refractivity (Wildman–Crippen MR) is 90.8 cm³/mol. The lowest BCUT2D eigenvalue weighted by molar-refractivity contribution is -0.116. The zero-order valence-corrected chi connectivity index (χ0v) is 12.9. The van der Waals surface area contributed by atoms with E-state index in [1.807, 2.05) is 12.1 Å². The average molecular weight is 337 g/mol. The van der Waals surface area contributed by atoms with Gasteiger partial charge in [0.2, 0.25) is 11.5 Å². The Morgan fingerprint density at radius 2 is 1.92 bits per heavy atom. The maximum atomic E-state index is 12.9. The molecule has 0 bridgehead atoms. The molecule has 6 nitrogen and oxygen atoms in total. The highest BCUT2D eigenvalue weighted by molar-refractivity contribution is 6.01. The lowest BCUT2D eigenvalue weighted by Crippen LogP contribution is -2.27. The quantitative estimate of drug-likeness (QED) is 0.623. The van der Waals surface area contributed by atoms with E-state index in [1.54, 1.807) is 12.1 Å². The molecule has 1 N–H and O–H groups in total. The highest BCUT2D eigenvalue weighted by Gasteiger charge is 2.14. The first-order valence-electron chi connectivity index (χ1n) is 7.54. The molecule has 0 aliphatic heterocycles. The number of benzene rings is 2. The molecule has 4 aromatic rings. The van der Waals surface area contributed by atoms with Gasteiger partial charge < -0.3 is 9.73 Å². The standard InChI is InChI=1S/C18H12FN3O3/c19-11-5-7-12(8-6-11)21-15(23)9-22-10-20-16-13-3-1-2-4-14(13)25-17(16)18(22)24/h1-8,10H,9H2,(H,21,23). The Bertz CT molecular complexity index is 1150. The first-order valence-corrected chi connectivity index (χ1v) is 7.54. The fourth-order valence-corrected chi connectivity index (χ4v) is 2.62. The molecular formula is C18H12FN3O3. The minimum atomic E-state index is -0.435. The zero-order valence-electron chi connectivity index (χ0n) is 12.9. The fraction of sp³-hybridized carbons (Fsp3) is 0.0556. The van der Waals surface area contributed by atoms with Crippen molar-refractivity contribution in [3.05, 3.63) is 71.0 Å². The van der Waals surface area contributed by atoms with Crippen LogP contribution in [-0.4, -0.2) is 15.5 Å². The van der Waals surface area contributed by atoms with Crippen molar-refractivity contribution in [2.75, 3.05) is 5.32 Å². The maximum Gasteiger partial charge on any atom is 0.297 e. The minimum Gasteiger partial charge on any atom is -0.448 e. The van der Waals surface area contributed by atoms with Crippen LogP contribution in [-0.2, 0) is 11.3 Å². The molecule has 0 aliphatic rings. The fourth-order valence-electron chi connectivity index (χ4n) is 2.62. The summed E-state index contributed by atoms with van der Waals surface area (Å²) in [6, 6.07) is 12.6. The first kappa shape index (κ1) is 15.1. The number of anilines is 1. The topological polar surface area (TPSA) is 77.1 Å². The van der Waals surface area contributed by atoms with Gasteiger partial charge in [0.15, 0.2) is 0 Å². The van der Waals surface area contributed by atoms with Crippen LogP contribution in [0.4, 0.5) is 10.1 Å². The molecule has 0 spiro atoms. The molecule has 124 valence electrons. The van der Waals surface area contributed by atoms with Gasteiger partial charge in [0, 0.05) is 11.1 Å². The van der Waals surface area contributed by atoms with Gasteiger partial charge in [-0.15, -0.1) is 0 Å². The molecule has 2 aromatic heterocycles. The van der Waals surface area contributed by atoms with Gasteiger partial charge in [0.25, 0.3) is 5.56 Å². The summed E-state index contributed by atoms with van der Waals surface area (Å²) in [5.41, 5.74) is 1.15. The van der Waals surface area contributed by atoms with E-state index >= 15 is 0 Å². The van der Waals surface area contributed by atoms with Crippen LogP contribution < -0.4 is 10.9 Å². The van der Waals surface area contributed by atoms with Crippen molar-refractivity contribution in [1.82, 2.24) is 9.55 Å². The lowest BCUT2D eigenvalue weighted by Gasteiger charge is -2.06. The Hall–Kier alpha value is -3.48. The molecule has 7 heteroatoms. The van der Waals surface area contributed by atoms with E-state index in [2.05, 4.69) is 10.3 Å². The normalized spacial score (nSPS) is 11.1. The number of amides is 1. The van der Waals surface area contributed by atoms with Crippen LogP contribution in [0.15, 0.2) is 64.1 Å². The smallest absolute Gasteiger partial charge is 0.297 e. The van der Waals surface area contributed by atoms with Crippen LogP contribution in [0.2, 0.25) is 0 Å². The first-order chi connectivity index (χ1) is 12.1. The summed E-state index contributed by atoms with van der Waals surface area (Å²) in [6.07, 6.45) is 1.32. The number of hydrogen-bond donors (Lipinski definition) is 1. The number of aromatic nitrogens is 2. The highest BCUT2D eigenvalue weighted by atomic mass is 19.1. The summed E-state index contributed by atoms with van der Waals surface area (Å²) >= 11 is 0. The van der Waals surface area contributed by atoms with E-state index in [0.717, 1.165) is 5.39 Å². The van der Waals surface area contributed by atoms with E-state index in [1.165, 1.54) is 35.2 Å². The monoisotopic (exact) mass is 337 g/mol. The molecule has 0 saturated heterocycles. The van der Waals surface area contributed by atoms with E-state index in [9.17, 15) is 14.0 Å². The average Bonchev–Trinajstić information content (AvgIpc) is 2.99. The molecule has 0 atom stereocenters. The number of carbonyl (C=O) groups excluding carboxylic acids is 1. The third-order valence-corrected chi connectivity index (χ3v) is 3.79. The Labute approximate surface area is 140 Å². The summed E-state index contributed by atoms with van der Waals surface area (Å²) in [5.74, 6) is -0.820. The van der Waals surface area contributed by atoms with E-state index in [0.29, 0.717) is 16.8 Å². The van der Waals surface area contributed by atoms with Gasteiger partial charge in [-0.1, -0.05) is 12.1 Å². The van der Waals surface area contributed by atoms with Crippen LogP contribution >= 0.6 is 0 Å². The van der Waals surface area contributed by atoms with Gasteiger partial charge in [-0.2, -0.15) is 0 Å². The molecule has 0 fully saturated rings. The molecule has 0 radical (unpaired) electrons. The van der Waals surface area contributed by atoms with Gasteiger partial charge in [0.05, 0.1) is 6.33 Å². The summed E-state index contributed by atoms with van der Waals surface area (Å²) in [4.78, 5) is 28.9. The molecule has 25 heavy (non-hydrogen) atoms. The molecular weight excluding hydrogens is 325 g/mol. The van der Waals surface area contributed by atoms with Crippen molar-refractivity contribution in [1.29, 1.82) is 0 Å². The molecule has 2 aromatic carbocycles. The van der Waals surface area contributed by atoms with Gasteiger partial charge in [-0.25, -0.2) is 9.37 Å². The number of rotatable bonds is 3. The Balaban J connectivity index is 1.64. The summed E-state index contributed by atoms with van der Waals surface area (Å²) < 4.78 is 19.6. The van der Waals surface area contributed by atoms with E-state index in [4.69, 9.17) is 4.42 Å². The largest absolute Gasteiger partial charge is 0.448 e. The molecule has 2 heterocycles. The van der Waals surface area contributed by atoms with Gasteiger partial charge in [-0.3, -0.25) is 14.2 Å². The number of nitrogens with one attached hydrogen (secondary N) is 1. The second-order valence-electron chi connectivity index (χ2n) is 5.51. The second kappa shape index (κ2) is 5.86. The minimum absolute atomic E-state index is 0.110. The number of halogens is 1.